The van der Waals surface area contributed by atoms with Crippen LogP contribution in [0.2, 0.25) is 0 Å². The third-order valence-electron chi connectivity index (χ3n) is 6.11. The van der Waals surface area contributed by atoms with Gasteiger partial charge >= 0.3 is 12.1 Å². The SMILES string of the molecule is O=C1NCC2(CCN(C(=O)NC[C@@H](c3ccc(F)cc3)N3CCCC3)CC2)O1. The van der Waals surface area contributed by atoms with Gasteiger partial charge in [-0.25, -0.2) is 14.0 Å². The maximum atomic E-state index is 13.3. The summed E-state index contributed by atoms with van der Waals surface area (Å²) in [5.41, 5.74) is 0.560. The van der Waals surface area contributed by atoms with E-state index >= 15 is 0 Å². The van der Waals surface area contributed by atoms with Gasteiger partial charge in [0, 0.05) is 32.5 Å². The van der Waals surface area contributed by atoms with Crippen LogP contribution in [0, 0.1) is 5.82 Å². The standard InChI is InChI=1S/C20H27FN4O3/c21-16-5-3-15(4-6-16)17(24-9-1-2-10-24)13-22-18(26)25-11-7-20(8-12-25)14-23-19(27)28-20/h3-6,17H,1-2,7-14H2,(H,22,26)(H,23,27)/t17-/m0/s1. The molecule has 28 heavy (non-hydrogen) atoms. The highest BCUT2D eigenvalue weighted by molar-refractivity contribution is 5.74. The van der Waals surface area contributed by atoms with Crippen molar-refractivity contribution in [1.82, 2.24) is 20.4 Å². The van der Waals surface area contributed by atoms with Crippen molar-refractivity contribution >= 4 is 12.1 Å². The Morgan fingerprint density at radius 1 is 1.18 bits per heavy atom. The van der Waals surface area contributed by atoms with Crippen LogP contribution in [0.15, 0.2) is 24.3 Å². The normalized spacial score (nSPS) is 22.8. The topological polar surface area (TPSA) is 73.9 Å². The molecule has 0 saturated carbocycles. The van der Waals surface area contributed by atoms with E-state index in [0.29, 0.717) is 39.0 Å². The van der Waals surface area contributed by atoms with Crippen molar-refractivity contribution in [3.8, 4) is 0 Å². The number of urea groups is 1. The zero-order chi connectivity index (χ0) is 19.6. The van der Waals surface area contributed by atoms with Crippen LogP contribution >= 0.6 is 0 Å². The number of carbonyl (C=O) groups is 2. The summed E-state index contributed by atoms with van der Waals surface area (Å²) in [6.07, 6.45) is 3.21. The predicted molar refractivity (Wildman–Crippen MR) is 101 cm³/mol. The molecule has 1 spiro atoms. The van der Waals surface area contributed by atoms with Crippen LogP contribution in [-0.4, -0.2) is 66.8 Å². The molecule has 3 aliphatic rings. The van der Waals surface area contributed by atoms with Crippen LogP contribution in [-0.2, 0) is 4.74 Å². The van der Waals surface area contributed by atoms with E-state index < -0.39 is 5.60 Å². The number of rotatable bonds is 4. The van der Waals surface area contributed by atoms with Gasteiger partial charge in [-0.1, -0.05) is 12.1 Å². The Morgan fingerprint density at radius 3 is 2.46 bits per heavy atom. The smallest absolute Gasteiger partial charge is 0.407 e. The number of carbonyl (C=O) groups excluding carboxylic acids is 2. The number of nitrogens with zero attached hydrogens (tertiary/aromatic N) is 2. The van der Waals surface area contributed by atoms with Crippen molar-refractivity contribution in [2.75, 3.05) is 39.3 Å². The molecule has 0 unspecified atom stereocenters. The van der Waals surface area contributed by atoms with Crippen LogP contribution in [0.3, 0.4) is 0 Å². The van der Waals surface area contributed by atoms with Gasteiger partial charge in [0.25, 0.3) is 0 Å². The lowest BCUT2D eigenvalue weighted by atomic mass is 9.92. The molecule has 3 heterocycles. The Labute approximate surface area is 164 Å². The van der Waals surface area contributed by atoms with Gasteiger partial charge in [-0.05, 0) is 43.6 Å². The molecule has 152 valence electrons. The molecule has 1 aromatic rings. The van der Waals surface area contributed by atoms with Crippen molar-refractivity contribution in [3.63, 3.8) is 0 Å². The van der Waals surface area contributed by atoms with Crippen LogP contribution in [0.25, 0.3) is 0 Å². The van der Waals surface area contributed by atoms with Gasteiger partial charge < -0.3 is 20.3 Å². The highest BCUT2D eigenvalue weighted by Gasteiger charge is 2.43. The fourth-order valence-corrected chi connectivity index (χ4v) is 4.39. The van der Waals surface area contributed by atoms with Gasteiger partial charge in [0.15, 0.2) is 0 Å². The fraction of sp³-hybridized carbons (Fsp3) is 0.600. The van der Waals surface area contributed by atoms with Gasteiger partial charge in [-0.15, -0.1) is 0 Å². The first-order valence-corrected chi connectivity index (χ1v) is 10.0. The Morgan fingerprint density at radius 2 is 1.86 bits per heavy atom. The summed E-state index contributed by atoms with van der Waals surface area (Å²) in [7, 11) is 0. The summed E-state index contributed by atoms with van der Waals surface area (Å²) < 4.78 is 18.7. The average molecular weight is 390 g/mol. The molecule has 0 bridgehead atoms. The lowest BCUT2D eigenvalue weighted by molar-refractivity contribution is 0.00964. The molecule has 3 saturated heterocycles. The molecule has 8 heteroatoms. The molecule has 1 aromatic carbocycles. The summed E-state index contributed by atoms with van der Waals surface area (Å²) in [6.45, 7) is 4.11. The highest BCUT2D eigenvalue weighted by Crippen LogP contribution is 2.29. The predicted octanol–water partition coefficient (Wildman–Crippen LogP) is 2.25. The summed E-state index contributed by atoms with van der Waals surface area (Å²) >= 11 is 0. The number of benzene rings is 1. The molecular weight excluding hydrogens is 363 g/mol. The van der Waals surface area contributed by atoms with E-state index in [9.17, 15) is 14.0 Å². The molecule has 3 aliphatic heterocycles. The van der Waals surface area contributed by atoms with E-state index in [4.69, 9.17) is 4.74 Å². The van der Waals surface area contributed by atoms with Crippen molar-refractivity contribution in [2.45, 2.75) is 37.3 Å². The monoisotopic (exact) mass is 390 g/mol. The Kier molecular flexibility index (Phi) is 5.39. The number of halogens is 1. The Bertz CT molecular complexity index is 713. The van der Waals surface area contributed by atoms with E-state index in [-0.39, 0.29) is 24.0 Å². The summed E-state index contributed by atoms with van der Waals surface area (Å²) in [5, 5.41) is 5.76. The fourth-order valence-electron chi connectivity index (χ4n) is 4.39. The first-order valence-electron chi connectivity index (χ1n) is 10.0. The Balaban J connectivity index is 1.34. The molecule has 0 radical (unpaired) electrons. The van der Waals surface area contributed by atoms with Gasteiger partial charge in [0.1, 0.15) is 11.4 Å². The maximum absolute atomic E-state index is 13.3. The summed E-state index contributed by atoms with van der Waals surface area (Å²) in [5.74, 6) is -0.252. The molecule has 3 amide bonds. The minimum atomic E-state index is -0.458. The van der Waals surface area contributed by atoms with Crippen molar-refractivity contribution < 1.29 is 18.7 Å². The van der Waals surface area contributed by atoms with Crippen molar-refractivity contribution in [3.05, 3.63) is 35.6 Å². The molecule has 0 aromatic heterocycles. The van der Waals surface area contributed by atoms with E-state index in [1.54, 1.807) is 17.0 Å². The average Bonchev–Trinajstić information content (AvgIpc) is 3.34. The second-order valence-electron chi connectivity index (χ2n) is 7.91. The molecule has 0 aliphatic carbocycles. The quantitative estimate of drug-likeness (QED) is 0.827. The number of likely N-dealkylation sites (tertiary alicyclic amines) is 2. The maximum Gasteiger partial charge on any atom is 0.407 e. The zero-order valence-electron chi connectivity index (χ0n) is 16.0. The number of nitrogens with one attached hydrogen (secondary N) is 2. The zero-order valence-corrected chi connectivity index (χ0v) is 16.0. The second kappa shape index (κ2) is 7.95. The third-order valence-corrected chi connectivity index (χ3v) is 6.11. The van der Waals surface area contributed by atoms with Crippen LogP contribution in [0.1, 0.15) is 37.3 Å². The lowest BCUT2D eigenvalue weighted by Crippen LogP contribution is -2.52. The minimum absolute atomic E-state index is 0.0446. The van der Waals surface area contributed by atoms with E-state index in [0.717, 1.165) is 31.5 Å². The van der Waals surface area contributed by atoms with Crippen molar-refractivity contribution in [2.24, 2.45) is 0 Å². The Hall–Kier alpha value is -2.35. The highest BCUT2D eigenvalue weighted by atomic mass is 19.1. The number of hydrogen-bond donors (Lipinski definition) is 2. The first kappa shape index (κ1) is 19.0. The first-order chi connectivity index (χ1) is 13.5. The summed E-state index contributed by atoms with van der Waals surface area (Å²) in [6, 6.07) is 6.50. The second-order valence-corrected chi connectivity index (χ2v) is 7.91. The largest absolute Gasteiger partial charge is 0.441 e. The molecule has 4 rings (SSSR count). The number of ether oxygens (including phenoxy) is 1. The van der Waals surface area contributed by atoms with Crippen LogP contribution in [0.4, 0.5) is 14.0 Å². The third kappa shape index (κ3) is 4.06. The molecule has 2 N–H and O–H groups in total. The summed E-state index contributed by atoms with van der Waals surface area (Å²) in [4.78, 5) is 28.2. The van der Waals surface area contributed by atoms with Gasteiger partial charge in [-0.2, -0.15) is 0 Å². The minimum Gasteiger partial charge on any atom is -0.441 e. The number of hydrogen-bond acceptors (Lipinski definition) is 4. The molecule has 3 fully saturated rings. The van der Waals surface area contributed by atoms with Gasteiger partial charge in [0.05, 0.1) is 12.6 Å². The number of piperidine rings is 1. The van der Waals surface area contributed by atoms with Gasteiger partial charge in [0.2, 0.25) is 0 Å². The molecule has 1 atom stereocenters. The molecular formula is C20H27FN4O3. The van der Waals surface area contributed by atoms with Crippen LogP contribution in [0.5, 0.6) is 0 Å². The van der Waals surface area contributed by atoms with E-state index in [1.807, 2.05) is 0 Å². The number of amides is 3. The number of alkyl carbamates (subject to hydrolysis) is 1. The van der Waals surface area contributed by atoms with E-state index in [1.165, 1.54) is 12.1 Å². The van der Waals surface area contributed by atoms with Gasteiger partial charge in [-0.3, -0.25) is 4.90 Å². The molecule has 7 nitrogen and oxygen atoms in total. The van der Waals surface area contributed by atoms with Crippen LogP contribution < -0.4 is 10.6 Å². The van der Waals surface area contributed by atoms with E-state index in [2.05, 4.69) is 15.5 Å². The van der Waals surface area contributed by atoms with Crippen molar-refractivity contribution in [1.29, 1.82) is 0 Å². The lowest BCUT2D eigenvalue weighted by Gasteiger charge is -2.37.